The summed E-state index contributed by atoms with van der Waals surface area (Å²) in [5.41, 5.74) is 2.10. The standard InChI is InChI=1S/C31H35Br2N3O4S/c1-41(39,40)36(28-15-9-8-14-27(28)33)22-30(37)35(21-24-16-18-25(32)19-17-24)29(20-23-10-4-2-5-11-23)31(38)34-26-12-6-3-7-13-26/h2,4-5,8-11,14-19,26,29H,3,6-7,12-13,20-22H2,1H3,(H,34,38)/t29-/m1/s1. The van der Waals surface area contributed by atoms with Gasteiger partial charge in [0, 0.05) is 28.0 Å². The number of amides is 2. The van der Waals surface area contributed by atoms with Crippen molar-refractivity contribution in [2.24, 2.45) is 0 Å². The van der Waals surface area contributed by atoms with Gasteiger partial charge in [0.25, 0.3) is 0 Å². The summed E-state index contributed by atoms with van der Waals surface area (Å²) in [6, 6.07) is 23.3. The van der Waals surface area contributed by atoms with Crippen LogP contribution in [0.25, 0.3) is 0 Å². The van der Waals surface area contributed by atoms with Gasteiger partial charge in [-0.3, -0.25) is 13.9 Å². The molecule has 1 N–H and O–H groups in total. The second-order valence-corrected chi connectivity index (χ2v) is 14.1. The molecule has 218 valence electrons. The lowest BCUT2D eigenvalue weighted by molar-refractivity contribution is -0.140. The normalized spacial score (nSPS) is 14.7. The molecule has 2 amide bonds. The van der Waals surface area contributed by atoms with Crippen LogP contribution in [0, 0.1) is 0 Å². The summed E-state index contributed by atoms with van der Waals surface area (Å²) in [7, 11) is -3.83. The summed E-state index contributed by atoms with van der Waals surface area (Å²) in [6.45, 7) is -0.296. The second kappa shape index (κ2) is 14.5. The highest BCUT2D eigenvalue weighted by atomic mass is 79.9. The highest BCUT2D eigenvalue weighted by Gasteiger charge is 2.34. The van der Waals surface area contributed by atoms with E-state index in [1.165, 1.54) is 4.90 Å². The molecule has 3 aromatic carbocycles. The van der Waals surface area contributed by atoms with Gasteiger partial charge in [0.2, 0.25) is 21.8 Å². The minimum atomic E-state index is -3.83. The molecule has 7 nitrogen and oxygen atoms in total. The average Bonchev–Trinajstić information content (AvgIpc) is 2.95. The SMILES string of the molecule is CS(=O)(=O)N(CC(=O)N(Cc1ccc(Br)cc1)[C@H](Cc1ccccc1)C(=O)NC1CCCCC1)c1ccccc1Br. The van der Waals surface area contributed by atoms with Crippen LogP contribution in [0.3, 0.4) is 0 Å². The summed E-state index contributed by atoms with van der Waals surface area (Å²) in [6.07, 6.45) is 6.48. The summed E-state index contributed by atoms with van der Waals surface area (Å²) < 4.78 is 28.4. The van der Waals surface area contributed by atoms with Crippen LogP contribution in [0.4, 0.5) is 5.69 Å². The molecule has 0 aliphatic heterocycles. The van der Waals surface area contributed by atoms with Crippen molar-refractivity contribution < 1.29 is 18.0 Å². The molecule has 4 rings (SSSR count). The third-order valence-electron chi connectivity index (χ3n) is 7.29. The van der Waals surface area contributed by atoms with Gasteiger partial charge in [0.05, 0.1) is 11.9 Å². The van der Waals surface area contributed by atoms with Gasteiger partial charge >= 0.3 is 0 Å². The van der Waals surface area contributed by atoms with E-state index in [9.17, 15) is 18.0 Å². The molecule has 1 saturated carbocycles. The molecule has 0 radical (unpaired) electrons. The minimum Gasteiger partial charge on any atom is -0.352 e. The maximum atomic E-state index is 14.2. The first-order valence-corrected chi connectivity index (χ1v) is 17.2. The number of carbonyl (C=O) groups is 2. The van der Waals surface area contributed by atoms with Crippen molar-refractivity contribution in [1.29, 1.82) is 0 Å². The van der Waals surface area contributed by atoms with E-state index in [1.54, 1.807) is 24.3 Å². The second-order valence-electron chi connectivity index (χ2n) is 10.4. The molecule has 0 unspecified atom stereocenters. The van der Waals surface area contributed by atoms with Crippen LogP contribution in [0.5, 0.6) is 0 Å². The van der Waals surface area contributed by atoms with Gasteiger partial charge in [-0.25, -0.2) is 8.42 Å². The molecule has 41 heavy (non-hydrogen) atoms. The predicted octanol–water partition coefficient (Wildman–Crippen LogP) is 6.07. The Balaban J connectivity index is 1.72. The number of nitrogens with zero attached hydrogens (tertiary/aromatic N) is 2. The Labute approximate surface area is 259 Å². The number of hydrogen-bond donors (Lipinski definition) is 1. The van der Waals surface area contributed by atoms with Gasteiger partial charge in [-0.15, -0.1) is 0 Å². The van der Waals surface area contributed by atoms with Crippen LogP contribution in [0.1, 0.15) is 43.2 Å². The van der Waals surface area contributed by atoms with Gasteiger partial charge in [-0.05, 0) is 64.2 Å². The molecule has 3 aromatic rings. The first-order valence-electron chi connectivity index (χ1n) is 13.7. The lowest BCUT2D eigenvalue weighted by Crippen LogP contribution is -2.55. The van der Waals surface area contributed by atoms with E-state index < -0.39 is 28.5 Å². The summed E-state index contributed by atoms with van der Waals surface area (Å²) in [5, 5.41) is 3.21. The van der Waals surface area contributed by atoms with Crippen LogP contribution < -0.4 is 9.62 Å². The van der Waals surface area contributed by atoms with Gasteiger partial charge < -0.3 is 10.2 Å². The van der Waals surface area contributed by atoms with Crippen molar-refractivity contribution in [1.82, 2.24) is 10.2 Å². The Morgan fingerprint density at radius 2 is 1.51 bits per heavy atom. The monoisotopic (exact) mass is 703 g/mol. The van der Waals surface area contributed by atoms with E-state index in [-0.39, 0.29) is 18.5 Å². The van der Waals surface area contributed by atoms with Crippen molar-refractivity contribution in [3.8, 4) is 0 Å². The molecule has 0 bridgehead atoms. The van der Waals surface area contributed by atoms with Crippen LogP contribution in [0.2, 0.25) is 0 Å². The maximum absolute atomic E-state index is 14.2. The number of nitrogens with one attached hydrogen (secondary N) is 1. The van der Waals surface area contributed by atoms with Gasteiger partial charge in [0.1, 0.15) is 12.6 Å². The molecule has 10 heteroatoms. The zero-order valence-electron chi connectivity index (χ0n) is 23.0. The Hall–Kier alpha value is -2.69. The predicted molar refractivity (Wildman–Crippen MR) is 170 cm³/mol. The summed E-state index contributed by atoms with van der Waals surface area (Å²) in [4.78, 5) is 29.7. The first-order chi connectivity index (χ1) is 19.6. The number of carbonyl (C=O) groups excluding carboxylic acids is 2. The first kappa shape index (κ1) is 31.3. The zero-order chi connectivity index (χ0) is 29.4. The lowest BCUT2D eigenvalue weighted by atomic mass is 9.94. The number of hydrogen-bond acceptors (Lipinski definition) is 4. The molecule has 0 aromatic heterocycles. The molecule has 0 spiro atoms. The Morgan fingerprint density at radius 1 is 0.878 bits per heavy atom. The maximum Gasteiger partial charge on any atom is 0.244 e. The largest absolute Gasteiger partial charge is 0.352 e. The number of anilines is 1. The topological polar surface area (TPSA) is 86.8 Å². The number of sulfonamides is 1. The summed E-state index contributed by atoms with van der Waals surface area (Å²) >= 11 is 6.89. The number of rotatable bonds is 11. The number of benzene rings is 3. The Bertz CT molecular complexity index is 1430. The van der Waals surface area contributed by atoms with Crippen LogP contribution in [-0.2, 0) is 32.6 Å². The van der Waals surface area contributed by atoms with Crippen molar-refractivity contribution in [2.45, 2.75) is 57.2 Å². The number of para-hydroxylation sites is 1. The van der Waals surface area contributed by atoms with Crippen molar-refractivity contribution in [3.63, 3.8) is 0 Å². The molecule has 1 aliphatic rings. The highest BCUT2D eigenvalue weighted by Crippen LogP contribution is 2.28. The molecular formula is C31H35Br2N3O4S. The van der Waals surface area contributed by atoms with Crippen LogP contribution >= 0.6 is 31.9 Å². The minimum absolute atomic E-state index is 0.0620. The van der Waals surface area contributed by atoms with Crippen LogP contribution in [-0.4, -0.2) is 50.0 Å². The molecule has 1 fully saturated rings. The van der Waals surface area contributed by atoms with E-state index in [2.05, 4.69) is 37.2 Å². The molecular weight excluding hydrogens is 670 g/mol. The van der Waals surface area contributed by atoms with E-state index in [4.69, 9.17) is 0 Å². The summed E-state index contributed by atoms with van der Waals surface area (Å²) in [5.74, 6) is -0.688. The van der Waals surface area contributed by atoms with E-state index in [0.717, 1.165) is 58.3 Å². The lowest BCUT2D eigenvalue weighted by Gasteiger charge is -2.35. The molecule has 0 saturated heterocycles. The van der Waals surface area contributed by atoms with Gasteiger partial charge in [-0.1, -0.05) is 89.8 Å². The Morgan fingerprint density at radius 3 is 2.15 bits per heavy atom. The van der Waals surface area contributed by atoms with Gasteiger partial charge in [-0.2, -0.15) is 0 Å². The fourth-order valence-corrected chi connectivity index (χ4v) is 6.88. The third kappa shape index (κ3) is 8.90. The zero-order valence-corrected chi connectivity index (χ0v) is 27.0. The average molecular weight is 706 g/mol. The Kier molecular flexibility index (Phi) is 11.0. The fraction of sp³-hybridized carbons (Fsp3) is 0.355. The number of halogens is 2. The molecule has 0 heterocycles. The van der Waals surface area contributed by atoms with Crippen molar-refractivity contribution in [3.05, 3.63) is 98.9 Å². The fourth-order valence-electron chi connectivity index (χ4n) is 5.13. The smallest absolute Gasteiger partial charge is 0.244 e. The molecule has 1 aliphatic carbocycles. The highest BCUT2D eigenvalue weighted by molar-refractivity contribution is 9.10. The van der Waals surface area contributed by atoms with E-state index >= 15 is 0 Å². The van der Waals surface area contributed by atoms with Crippen molar-refractivity contribution in [2.75, 3.05) is 17.1 Å². The van der Waals surface area contributed by atoms with E-state index in [1.807, 2.05) is 54.6 Å². The third-order valence-corrected chi connectivity index (χ3v) is 9.61. The van der Waals surface area contributed by atoms with E-state index in [0.29, 0.717) is 16.6 Å². The van der Waals surface area contributed by atoms with Gasteiger partial charge in [0.15, 0.2) is 0 Å². The van der Waals surface area contributed by atoms with Crippen molar-refractivity contribution >= 4 is 59.4 Å². The van der Waals surface area contributed by atoms with Crippen LogP contribution in [0.15, 0.2) is 87.8 Å². The quantitative estimate of drug-likeness (QED) is 0.263. The molecule has 1 atom stereocenters.